The number of benzene rings is 2. The number of carbonyl (C=O) groups is 2. The highest BCUT2D eigenvalue weighted by Crippen LogP contribution is 2.30. The number of hydroxylamine groups is 2. The first-order valence-electron chi connectivity index (χ1n) is 9.84. The lowest BCUT2D eigenvalue weighted by molar-refractivity contribution is -0.237. The Kier molecular flexibility index (Phi) is 8.34. The minimum absolute atomic E-state index is 0.249. The van der Waals surface area contributed by atoms with Crippen LogP contribution >= 0.6 is 0 Å². The largest absolute Gasteiger partial charge is 0.493 e. The third-order valence-corrected chi connectivity index (χ3v) is 4.63. The van der Waals surface area contributed by atoms with Crippen LogP contribution in [0.25, 0.3) is 0 Å². The third-order valence-electron chi connectivity index (χ3n) is 4.63. The Labute approximate surface area is 186 Å². The molecule has 0 bridgehead atoms. The topological polar surface area (TPSA) is 58.6 Å². The summed E-state index contributed by atoms with van der Waals surface area (Å²) in [6.07, 6.45) is -10.2. The normalized spacial score (nSPS) is 12.9. The second-order valence-corrected chi connectivity index (χ2v) is 7.56. The van der Waals surface area contributed by atoms with Crippen molar-refractivity contribution in [3.8, 4) is 0 Å². The van der Waals surface area contributed by atoms with Gasteiger partial charge in [-0.3, -0.25) is 4.79 Å². The van der Waals surface area contributed by atoms with Gasteiger partial charge in [0.25, 0.3) is 5.91 Å². The third kappa shape index (κ3) is 7.99. The van der Waals surface area contributed by atoms with Crippen LogP contribution in [0.15, 0.2) is 54.6 Å². The van der Waals surface area contributed by atoms with Crippen LogP contribution in [0.2, 0.25) is 0 Å². The van der Waals surface area contributed by atoms with Crippen LogP contribution in [0.4, 0.5) is 32.0 Å². The zero-order chi connectivity index (χ0) is 24.8. The van der Waals surface area contributed by atoms with Crippen LogP contribution in [-0.2, 0) is 27.0 Å². The van der Waals surface area contributed by atoms with Gasteiger partial charge in [-0.25, -0.2) is 4.79 Å². The highest BCUT2D eigenvalue weighted by Gasteiger charge is 2.43. The summed E-state index contributed by atoms with van der Waals surface area (Å²) in [4.78, 5) is 28.4. The molecule has 2 aromatic carbocycles. The molecule has 0 aliphatic rings. The molecule has 1 amide bonds. The van der Waals surface area contributed by atoms with E-state index in [-0.39, 0.29) is 18.0 Å². The van der Waals surface area contributed by atoms with Gasteiger partial charge in [0.2, 0.25) is 0 Å². The first kappa shape index (κ1) is 26.0. The summed E-state index contributed by atoms with van der Waals surface area (Å²) in [5.41, 5.74) is -0.125. The zero-order valence-electron chi connectivity index (χ0n) is 17.7. The second kappa shape index (κ2) is 10.6. The molecular formula is C22H22F6N2O3. The van der Waals surface area contributed by atoms with Gasteiger partial charge in [0.15, 0.2) is 0 Å². The molecule has 1 atom stereocenters. The Morgan fingerprint density at radius 3 is 2.00 bits per heavy atom. The van der Waals surface area contributed by atoms with Crippen LogP contribution in [-0.4, -0.2) is 35.7 Å². The summed E-state index contributed by atoms with van der Waals surface area (Å²) in [5.74, 6) is -3.75. The Hall–Kier alpha value is -3.24. The number of nitrogens with zero attached hydrogens (tertiary/aromatic N) is 1. The maximum absolute atomic E-state index is 12.8. The molecule has 5 nitrogen and oxygen atoms in total. The first-order chi connectivity index (χ1) is 15.3. The maximum atomic E-state index is 12.8. The van der Waals surface area contributed by atoms with Crippen LogP contribution in [0.5, 0.6) is 0 Å². The Morgan fingerprint density at radius 2 is 1.52 bits per heavy atom. The van der Waals surface area contributed by atoms with E-state index in [9.17, 15) is 35.9 Å². The lowest BCUT2D eigenvalue weighted by Crippen LogP contribution is -2.46. The number of halogens is 6. The number of rotatable bonds is 7. The molecule has 0 saturated carbocycles. The molecule has 11 heteroatoms. The summed E-state index contributed by atoms with van der Waals surface area (Å²) < 4.78 is 76.6. The summed E-state index contributed by atoms with van der Waals surface area (Å²) in [6, 6.07) is 11.4. The van der Waals surface area contributed by atoms with Crippen LogP contribution in [0.3, 0.4) is 0 Å². The van der Waals surface area contributed by atoms with Crippen molar-refractivity contribution < 1.29 is 40.8 Å². The van der Waals surface area contributed by atoms with Crippen molar-refractivity contribution in [1.82, 2.24) is 5.06 Å². The van der Waals surface area contributed by atoms with Crippen molar-refractivity contribution in [1.29, 1.82) is 0 Å². The van der Waals surface area contributed by atoms with Crippen molar-refractivity contribution in [3.05, 3.63) is 65.7 Å². The molecular weight excluding hydrogens is 454 g/mol. The molecule has 2 rings (SSSR count). The lowest BCUT2D eigenvalue weighted by Gasteiger charge is -2.30. The quantitative estimate of drug-likeness (QED) is 0.439. The minimum Gasteiger partial charge on any atom is -0.380 e. The number of amides is 1. The van der Waals surface area contributed by atoms with E-state index in [4.69, 9.17) is 0 Å². The molecule has 0 aliphatic heterocycles. The number of anilines is 1. The van der Waals surface area contributed by atoms with Gasteiger partial charge in [-0.15, -0.1) is 0 Å². The van der Waals surface area contributed by atoms with Gasteiger partial charge < -0.3 is 10.2 Å². The molecule has 2 aromatic rings. The van der Waals surface area contributed by atoms with Crippen LogP contribution in [0.1, 0.15) is 25.0 Å². The Morgan fingerprint density at radius 1 is 0.939 bits per heavy atom. The fourth-order valence-electron chi connectivity index (χ4n) is 2.77. The summed E-state index contributed by atoms with van der Waals surface area (Å²) in [6.45, 7) is 2.91. The molecule has 0 heterocycles. The van der Waals surface area contributed by atoms with Crippen molar-refractivity contribution in [2.45, 2.75) is 38.7 Å². The Bertz CT molecular complexity index is 928. The SMILES string of the molecule is CC(C)[C@H](CN(OC(=O)C(F)(F)F)C(=O)Cc1ccccc1)Nc1ccc(C(F)(F)F)cc1. The van der Waals surface area contributed by atoms with E-state index in [2.05, 4.69) is 10.2 Å². The fraction of sp³-hybridized carbons (Fsp3) is 0.364. The van der Waals surface area contributed by atoms with E-state index < -0.39 is 42.4 Å². The van der Waals surface area contributed by atoms with E-state index in [1.807, 2.05) is 0 Å². The highest BCUT2D eigenvalue weighted by molar-refractivity contribution is 5.81. The van der Waals surface area contributed by atoms with E-state index in [1.165, 1.54) is 0 Å². The molecule has 0 radical (unpaired) electrons. The fourth-order valence-corrected chi connectivity index (χ4v) is 2.77. The van der Waals surface area contributed by atoms with Gasteiger partial charge >= 0.3 is 18.3 Å². The predicted octanol–water partition coefficient (Wildman–Crippen LogP) is 5.23. The minimum atomic E-state index is -5.32. The lowest BCUT2D eigenvalue weighted by atomic mass is 10.0. The van der Waals surface area contributed by atoms with E-state index in [0.717, 1.165) is 24.3 Å². The highest BCUT2D eigenvalue weighted by atomic mass is 19.4. The van der Waals surface area contributed by atoms with Gasteiger partial charge in [0, 0.05) is 11.7 Å². The number of hydrogen-bond acceptors (Lipinski definition) is 4. The summed E-state index contributed by atoms with van der Waals surface area (Å²) in [5, 5.41) is 3.22. The zero-order valence-corrected chi connectivity index (χ0v) is 17.7. The van der Waals surface area contributed by atoms with Crippen LogP contribution < -0.4 is 5.32 Å². The van der Waals surface area contributed by atoms with E-state index in [1.54, 1.807) is 44.2 Å². The number of hydrogen-bond donors (Lipinski definition) is 1. The molecule has 1 N–H and O–H groups in total. The van der Waals surface area contributed by atoms with Gasteiger partial charge in [-0.1, -0.05) is 44.2 Å². The van der Waals surface area contributed by atoms with Crippen molar-refractivity contribution in [2.75, 3.05) is 11.9 Å². The van der Waals surface area contributed by atoms with E-state index in [0.29, 0.717) is 10.6 Å². The molecule has 0 spiro atoms. The average molecular weight is 476 g/mol. The summed E-state index contributed by atoms with van der Waals surface area (Å²) >= 11 is 0. The molecule has 0 aliphatic carbocycles. The van der Waals surface area contributed by atoms with Crippen molar-refractivity contribution in [2.24, 2.45) is 5.92 Å². The first-order valence-corrected chi connectivity index (χ1v) is 9.84. The monoisotopic (exact) mass is 476 g/mol. The molecule has 33 heavy (non-hydrogen) atoms. The summed E-state index contributed by atoms with van der Waals surface area (Å²) in [7, 11) is 0. The molecule has 0 aromatic heterocycles. The van der Waals surface area contributed by atoms with E-state index >= 15 is 0 Å². The van der Waals surface area contributed by atoms with Crippen molar-refractivity contribution in [3.63, 3.8) is 0 Å². The number of alkyl halides is 6. The van der Waals surface area contributed by atoms with Gasteiger partial charge in [0.1, 0.15) is 0 Å². The molecule has 180 valence electrons. The maximum Gasteiger partial charge on any atom is 0.493 e. The number of nitrogens with one attached hydrogen (secondary N) is 1. The van der Waals surface area contributed by atoms with Gasteiger partial charge in [-0.2, -0.15) is 31.4 Å². The molecule has 0 saturated heterocycles. The second-order valence-electron chi connectivity index (χ2n) is 7.56. The number of carbonyl (C=O) groups excluding carboxylic acids is 2. The molecule has 0 unspecified atom stereocenters. The molecule has 0 fully saturated rings. The van der Waals surface area contributed by atoms with Gasteiger partial charge in [-0.05, 0) is 35.7 Å². The Balaban J connectivity index is 2.22. The van der Waals surface area contributed by atoms with Gasteiger partial charge in [0.05, 0.1) is 18.5 Å². The van der Waals surface area contributed by atoms with Crippen LogP contribution in [0, 0.1) is 5.92 Å². The standard InChI is InChI=1S/C22H22F6N2O3/c1-14(2)18(29-17-10-8-16(9-11-17)21(23,24)25)13-30(33-20(32)22(26,27)28)19(31)12-15-6-4-3-5-7-15/h3-11,14,18,29H,12-13H2,1-2H3/t18-/m0/s1. The average Bonchev–Trinajstić information content (AvgIpc) is 2.72. The smallest absolute Gasteiger partial charge is 0.380 e. The predicted molar refractivity (Wildman–Crippen MR) is 108 cm³/mol. The van der Waals surface area contributed by atoms with Crippen molar-refractivity contribution >= 4 is 17.6 Å².